The first kappa shape index (κ1) is 12.5. The van der Waals surface area contributed by atoms with Crippen LogP contribution in [0.1, 0.15) is 25.6 Å². The Morgan fingerprint density at radius 2 is 2.14 bits per heavy atom. The second kappa shape index (κ2) is 6.94. The van der Waals surface area contributed by atoms with Gasteiger partial charge in [-0.15, -0.1) is 0 Å². The molecule has 5 heteroatoms. The van der Waals surface area contributed by atoms with Gasteiger partial charge in [0.15, 0.2) is 0 Å². The molecule has 0 atom stereocenters. The molecule has 0 saturated heterocycles. The summed E-state index contributed by atoms with van der Waals surface area (Å²) in [6, 6.07) is 0. The molecule has 5 nitrogen and oxygen atoms in total. The predicted molar refractivity (Wildman–Crippen MR) is 52.5 cm³/mol. The van der Waals surface area contributed by atoms with Crippen molar-refractivity contribution in [3.8, 4) is 0 Å². The van der Waals surface area contributed by atoms with Crippen LogP contribution in [0.15, 0.2) is 12.4 Å². The molecule has 0 aliphatic rings. The molecule has 0 fully saturated rings. The smallest absolute Gasteiger partial charge is 0.450 e. The van der Waals surface area contributed by atoms with Gasteiger partial charge >= 0.3 is 6.16 Å². The molecule has 0 radical (unpaired) electrons. The molecule has 14 heavy (non-hydrogen) atoms. The lowest BCUT2D eigenvalue weighted by Crippen LogP contribution is -1.97. The van der Waals surface area contributed by atoms with Gasteiger partial charge in [-0.3, -0.25) is 0 Å². The van der Waals surface area contributed by atoms with Gasteiger partial charge in [0.1, 0.15) is 5.82 Å². The topological polar surface area (TPSA) is 75.4 Å². The van der Waals surface area contributed by atoms with Gasteiger partial charge in [-0.25, -0.2) is 9.78 Å². The summed E-state index contributed by atoms with van der Waals surface area (Å²) in [4.78, 5) is 12.7. The first-order chi connectivity index (χ1) is 6.57. The minimum absolute atomic E-state index is 1.11. The van der Waals surface area contributed by atoms with E-state index in [9.17, 15) is 0 Å². The average Bonchev–Trinajstić information content (AvgIpc) is 2.47. The van der Waals surface area contributed by atoms with E-state index in [1.807, 2.05) is 19.3 Å². The van der Waals surface area contributed by atoms with E-state index in [1.54, 1.807) is 0 Å². The van der Waals surface area contributed by atoms with E-state index in [1.165, 1.54) is 12.8 Å². The number of rotatable bonds is 3. The quantitative estimate of drug-likeness (QED) is 0.784. The van der Waals surface area contributed by atoms with E-state index in [4.69, 9.17) is 15.0 Å². The fraction of sp³-hybridized carbons (Fsp3) is 0.556. The Balaban J connectivity index is 0.000000364. The number of hydrogen-bond acceptors (Lipinski definition) is 2. The first-order valence-corrected chi connectivity index (χ1v) is 4.47. The Labute approximate surface area is 83.0 Å². The lowest BCUT2D eigenvalue weighted by Gasteiger charge is -2.01. The summed E-state index contributed by atoms with van der Waals surface area (Å²) < 4.78 is 2.18. The Hall–Kier alpha value is -1.52. The average molecular weight is 200 g/mol. The lowest BCUT2D eigenvalue weighted by atomic mass is 10.3. The number of nitrogens with zero attached hydrogens (tertiary/aromatic N) is 2. The Morgan fingerprint density at radius 1 is 1.57 bits per heavy atom. The van der Waals surface area contributed by atoms with Crippen LogP contribution in [0.3, 0.4) is 0 Å². The van der Waals surface area contributed by atoms with Gasteiger partial charge in [0.2, 0.25) is 0 Å². The predicted octanol–water partition coefficient (Wildman–Crippen LogP) is 2.21. The van der Waals surface area contributed by atoms with Crippen LogP contribution in [0, 0.1) is 6.92 Å². The number of aromatic nitrogens is 2. The highest BCUT2D eigenvalue weighted by atomic mass is 16.6. The normalized spacial score (nSPS) is 9.00. The first-order valence-electron chi connectivity index (χ1n) is 4.47. The van der Waals surface area contributed by atoms with Gasteiger partial charge in [0.05, 0.1) is 0 Å². The number of unbranched alkanes of at least 4 members (excludes halogenated alkanes) is 1. The monoisotopic (exact) mass is 200 g/mol. The number of imidazole rings is 1. The molecule has 1 aromatic rings. The lowest BCUT2D eigenvalue weighted by molar-refractivity contribution is 0.137. The van der Waals surface area contributed by atoms with Crippen LogP contribution in [0.2, 0.25) is 0 Å². The SMILES string of the molecule is CCCCn1ccnc1C.O=C(O)O. The summed E-state index contributed by atoms with van der Waals surface area (Å²) in [5.74, 6) is 1.12. The van der Waals surface area contributed by atoms with Gasteiger partial charge in [-0.2, -0.15) is 0 Å². The van der Waals surface area contributed by atoms with Crippen LogP contribution < -0.4 is 0 Å². The zero-order chi connectivity index (χ0) is 11.0. The van der Waals surface area contributed by atoms with Crippen LogP contribution in [0.4, 0.5) is 4.79 Å². The van der Waals surface area contributed by atoms with E-state index >= 15 is 0 Å². The van der Waals surface area contributed by atoms with Crippen LogP contribution in [0.5, 0.6) is 0 Å². The molecule has 2 N–H and O–H groups in total. The molecule has 80 valence electrons. The van der Waals surface area contributed by atoms with Crippen molar-refractivity contribution in [2.24, 2.45) is 0 Å². The maximum Gasteiger partial charge on any atom is 0.503 e. The summed E-state index contributed by atoms with van der Waals surface area (Å²) in [7, 11) is 0. The zero-order valence-electron chi connectivity index (χ0n) is 8.47. The van der Waals surface area contributed by atoms with E-state index in [2.05, 4.69) is 16.5 Å². The van der Waals surface area contributed by atoms with Crippen molar-refractivity contribution >= 4 is 6.16 Å². The van der Waals surface area contributed by atoms with Gasteiger partial charge in [0, 0.05) is 18.9 Å². The molecule has 1 aromatic heterocycles. The van der Waals surface area contributed by atoms with Gasteiger partial charge in [-0.1, -0.05) is 13.3 Å². The summed E-state index contributed by atoms with van der Waals surface area (Å²) in [6.45, 7) is 5.35. The van der Waals surface area contributed by atoms with E-state index in [0.29, 0.717) is 0 Å². The molecule has 0 saturated carbocycles. The largest absolute Gasteiger partial charge is 0.503 e. The third-order valence-corrected chi connectivity index (χ3v) is 1.68. The summed E-state index contributed by atoms with van der Waals surface area (Å²) in [5.41, 5.74) is 0. The van der Waals surface area contributed by atoms with E-state index in [-0.39, 0.29) is 0 Å². The number of aryl methyl sites for hydroxylation is 2. The maximum atomic E-state index is 8.56. The highest BCUT2D eigenvalue weighted by molar-refractivity contribution is 5.53. The molecule has 0 unspecified atom stereocenters. The third kappa shape index (κ3) is 6.05. The minimum Gasteiger partial charge on any atom is -0.450 e. The number of carboxylic acid groups (broad SMARTS) is 2. The molecule has 1 rings (SSSR count). The van der Waals surface area contributed by atoms with Crippen LogP contribution >= 0.6 is 0 Å². The molecular weight excluding hydrogens is 184 g/mol. The maximum absolute atomic E-state index is 8.56. The molecule has 0 aliphatic carbocycles. The Kier molecular flexibility index (Phi) is 6.19. The highest BCUT2D eigenvalue weighted by Crippen LogP contribution is 1.98. The van der Waals surface area contributed by atoms with Crippen LogP contribution in [-0.4, -0.2) is 25.9 Å². The summed E-state index contributed by atoms with van der Waals surface area (Å²) >= 11 is 0. The molecule has 1 heterocycles. The molecule has 0 aromatic carbocycles. The summed E-state index contributed by atoms with van der Waals surface area (Å²) in [6.07, 6.45) is 4.55. The Morgan fingerprint density at radius 3 is 2.50 bits per heavy atom. The van der Waals surface area contributed by atoms with Crippen molar-refractivity contribution < 1.29 is 15.0 Å². The molecule has 0 bridgehead atoms. The number of carbonyl (C=O) groups is 1. The van der Waals surface area contributed by atoms with Crippen LogP contribution in [-0.2, 0) is 6.54 Å². The minimum atomic E-state index is -1.83. The van der Waals surface area contributed by atoms with Crippen molar-refractivity contribution in [3.63, 3.8) is 0 Å². The van der Waals surface area contributed by atoms with Gasteiger partial charge in [0.25, 0.3) is 0 Å². The van der Waals surface area contributed by atoms with Crippen molar-refractivity contribution in [2.45, 2.75) is 33.2 Å². The standard InChI is InChI=1S/C8H14N2.CH2O3/c1-3-4-6-10-7-5-9-8(10)2;2-1(3)4/h5,7H,3-4,6H2,1-2H3;(H2,2,3,4). The van der Waals surface area contributed by atoms with Crippen LogP contribution in [0.25, 0.3) is 0 Å². The van der Waals surface area contributed by atoms with Crippen molar-refractivity contribution in [3.05, 3.63) is 18.2 Å². The van der Waals surface area contributed by atoms with Crippen molar-refractivity contribution in [2.75, 3.05) is 0 Å². The number of hydrogen-bond donors (Lipinski definition) is 2. The third-order valence-electron chi connectivity index (χ3n) is 1.68. The molecule has 0 amide bonds. The molecule has 0 aliphatic heterocycles. The zero-order valence-corrected chi connectivity index (χ0v) is 8.47. The van der Waals surface area contributed by atoms with Gasteiger partial charge < -0.3 is 14.8 Å². The fourth-order valence-corrected chi connectivity index (χ4v) is 0.969. The summed E-state index contributed by atoms with van der Waals surface area (Å²) in [5, 5.41) is 13.9. The second-order valence-corrected chi connectivity index (χ2v) is 2.80. The molecule has 0 spiro atoms. The highest BCUT2D eigenvalue weighted by Gasteiger charge is 1.93. The van der Waals surface area contributed by atoms with Crippen molar-refractivity contribution in [1.82, 2.24) is 9.55 Å². The van der Waals surface area contributed by atoms with E-state index < -0.39 is 6.16 Å². The fourth-order valence-electron chi connectivity index (χ4n) is 0.969. The van der Waals surface area contributed by atoms with E-state index in [0.717, 1.165) is 12.4 Å². The Bertz CT molecular complexity index is 267. The second-order valence-electron chi connectivity index (χ2n) is 2.80. The van der Waals surface area contributed by atoms with Gasteiger partial charge in [-0.05, 0) is 13.3 Å². The van der Waals surface area contributed by atoms with Crippen molar-refractivity contribution in [1.29, 1.82) is 0 Å². The molecular formula is C9H16N2O3.